The number of morpholine rings is 1. The van der Waals surface area contributed by atoms with Crippen molar-refractivity contribution in [1.29, 1.82) is 0 Å². The molecule has 3 heteroatoms. The lowest BCUT2D eigenvalue weighted by atomic mass is 9.85. The molecule has 1 saturated heterocycles. The van der Waals surface area contributed by atoms with Gasteiger partial charge in [-0.2, -0.15) is 0 Å². The zero-order chi connectivity index (χ0) is 14.7. The second kappa shape index (κ2) is 6.55. The van der Waals surface area contributed by atoms with Gasteiger partial charge in [0.2, 0.25) is 0 Å². The number of ether oxygens (including phenoxy) is 1. The molecule has 1 fully saturated rings. The van der Waals surface area contributed by atoms with Crippen molar-refractivity contribution in [3.8, 4) is 0 Å². The van der Waals surface area contributed by atoms with Gasteiger partial charge in [0.25, 0.3) is 0 Å². The van der Waals surface area contributed by atoms with Crippen molar-refractivity contribution in [2.45, 2.75) is 72.6 Å². The molecule has 0 amide bonds. The number of nitrogens with one attached hydrogen (secondary N) is 1. The van der Waals surface area contributed by atoms with E-state index in [4.69, 9.17) is 4.74 Å². The molecular formula is C16H34N2O. The van der Waals surface area contributed by atoms with Crippen LogP contribution in [-0.2, 0) is 4.74 Å². The highest BCUT2D eigenvalue weighted by molar-refractivity contribution is 4.85. The summed E-state index contributed by atoms with van der Waals surface area (Å²) in [4.78, 5) is 2.58. The fourth-order valence-corrected chi connectivity index (χ4v) is 2.72. The van der Waals surface area contributed by atoms with E-state index in [9.17, 15) is 0 Å². The Morgan fingerprint density at radius 2 is 1.63 bits per heavy atom. The fraction of sp³-hybridized carbons (Fsp3) is 1.00. The molecule has 1 heterocycles. The lowest BCUT2D eigenvalue weighted by Gasteiger charge is -2.42. The van der Waals surface area contributed by atoms with Gasteiger partial charge in [-0.15, -0.1) is 0 Å². The Kier molecular flexibility index (Phi) is 5.84. The summed E-state index contributed by atoms with van der Waals surface area (Å²) >= 11 is 0. The number of hydrogen-bond acceptors (Lipinski definition) is 3. The molecule has 0 radical (unpaired) electrons. The van der Waals surface area contributed by atoms with E-state index in [1.807, 2.05) is 0 Å². The van der Waals surface area contributed by atoms with Gasteiger partial charge >= 0.3 is 0 Å². The van der Waals surface area contributed by atoms with E-state index in [2.05, 4.69) is 58.7 Å². The molecule has 1 N–H and O–H groups in total. The van der Waals surface area contributed by atoms with Crippen molar-refractivity contribution in [2.24, 2.45) is 5.41 Å². The van der Waals surface area contributed by atoms with Crippen molar-refractivity contribution in [1.82, 2.24) is 10.2 Å². The molecule has 1 rings (SSSR count). The van der Waals surface area contributed by atoms with Crippen LogP contribution in [0.4, 0.5) is 0 Å². The molecule has 0 aromatic rings. The van der Waals surface area contributed by atoms with E-state index in [1.54, 1.807) is 0 Å². The summed E-state index contributed by atoms with van der Waals surface area (Å²) in [7, 11) is 0. The molecule has 0 saturated carbocycles. The van der Waals surface area contributed by atoms with Gasteiger partial charge in [-0.3, -0.25) is 4.90 Å². The van der Waals surface area contributed by atoms with Crippen LogP contribution in [0.5, 0.6) is 0 Å². The van der Waals surface area contributed by atoms with Crippen molar-refractivity contribution in [2.75, 3.05) is 26.2 Å². The first kappa shape index (κ1) is 16.9. The zero-order valence-corrected chi connectivity index (χ0v) is 14.0. The van der Waals surface area contributed by atoms with Gasteiger partial charge < -0.3 is 10.1 Å². The third-order valence-electron chi connectivity index (χ3n) is 4.00. The minimum atomic E-state index is 0.196. The number of rotatable bonds is 5. The Hall–Kier alpha value is -0.120. The SMILES string of the molecule is CCC(C)(CNC(C)(C)C)CN1CC(C)OC(C)C1. The maximum Gasteiger partial charge on any atom is 0.0678 e. The highest BCUT2D eigenvalue weighted by atomic mass is 16.5. The van der Waals surface area contributed by atoms with E-state index in [0.717, 1.165) is 26.2 Å². The summed E-state index contributed by atoms with van der Waals surface area (Å²) in [6, 6.07) is 0. The molecule has 0 bridgehead atoms. The molecule has 0 aromatic heterocycles. The Balaban J connectivity index is 2.54. The van der Waals surface area contributed by atoms with Crippen LogP contribution in [0.1, 0.15) is 54.9 Å². The Bertz CT molecular complexity index is 264. The number of nitrogens with zero attached hydrogens (tertiary/aromatic N) is 1. The molecule has 3 nitrogen and oxygen atoms in total. The van der Waals surface area contributed by atoms with Crippen LogP contribution in [0, 0.1) is 5.41 Å². The van der Waals surface area contributed by atoms with Crippen LogP contribution in [0.15, 0.2) is 0 Å². The molecule has 3 atom stereocenters. The monoisotopic (exact) mass is 270 g/mol. The second-order valence-corrected chi connectivity index (χ2v) is 7.72. The minimum absolute atomic E-state index is 0.196. The molecular weight excluding hydrogens is 236 g/mol. The lowest BCUT2D eigenvalue weighted by molar-refractivity contribution is -0.0771. The molecule has 3 unspecified atom stereocenters. The molecule has 0 aromatic carbocycles. The summed E-state index contributed by atoms with van der Waals surface area (Å²) < 4.78 is 5.82. The standard InChI is InChI=1S/C16H34N2O/c1-8-16(7,11-17-15(4,5)6)12-18-9-13(2)19-14(3)10-18/h13-14,17H,8-12H2,1-7H3. The summed E-state index contributed by atoms with van der Waals surface area (Å²) in [6.07, 6.45) is 1.93. The number of hydrogen-bond donors (Lipinski definition) is 1. The third kappa shape index (κ3) is 6.24. The van der Waals surface area contributed by atoms with E-state index in [0.29, 0.717) is 17.6 Å². The van der Waals surface area contributed by atoms with E-state index in [-0.39, 0.29) is 5.54 Å². The first-order chi connectivity index (χ1) is 8.63. The average Bonchev–Trinajstić information content (AvgIpc) is 2.24. The zero-order valence-electron chi connectivity index (χ0n) is 14.0. The largest absolute Gasteiger partial charge is 0.373 e. The molecule has 0 aliphatic carbocycles. The Morgan fingerprint density at radius 3 is 2.05 bits per heavy atom. The van der Waals surface area contributed by atoms with Gasteiger partial charge in [0.15, 0.2) is 0 Å². The molecule has 0 spiro atoms. The van der Waals surface area contributed by atoms with Gasteiger partial charge in [0.05, 0.1) is 12.2 Å². The van der Waals surface area contributed by atoms with Crippen molar-refractivity contribution >= 4 is 0 Å². The van der Waals surface area contributed by atoms with E-state index >= 15 is 0 Å². The van der Waals surface area contributed by atoms with E-state index < -0.39 is 0 Å². The van der Waals surface area contributed by atoms with Crippen LogP contribution in [0.25, 0.3) is 0 Å². The predicted molar refractivity (Wildman–Crippen MR) is 82.6 cm³/mol. The summed E-state index contributed by atoms with van der Waals surface area (Å²) in [5.74, 6) is 0. The molecule has 1 aliphatic heterocycles. The van der Waals surface area contributed by atoms with Crippen LogP contribution < -0.4 is 5.32 Å². The van der Waals surface area contributed by atoms with Crippen LogP contribution in [0.3, 0.4) is 0 Å². The minimum Gasteiger partial charge on any atom is -0.373 e. The fourth-order valence-electron chi connectivity index (χ4n) is 2.72. The van der Waals surface area contributed by atoms with Crippen molar-refractivity contribution in [3.05, 3.63) is 0 Å². The lowest BCUT2D eigenvalue weighted by Crippen LogP contribution is -2.52. The smallest absolute Gasteiger partial charge is 0.0678 e. The highest BCUT2D eigenvalue weighted by Gasteiger charge is 2.30. The first-order valence-electron chi connectivity index (χ1n) is 7.76. The van der Waals surface area contributed by atoms with Crippen LogP contribution in [0.2, 0.25) is 0 Å². The van der Waals surface area contributed by atoms with Gasteiger partial charge in [0, 0.05) is 31.7 Å². The Labute approximate surface area is 120 Å². The topological polar surface area (TPSA) is 24.5 Å². The van der Waals surface area contributed by atoms with E-state index in [1.165, 1.54) is 6.42 Å². The van der Waals surface area contributed by atoms with Gasteiger partial charge in [-0.1, -0.05) is 13.8 Å². The molecule has 19 heavy (non-hydrogen) atoms. The van der Waals surface area contributed by atoms with Gasteiger partial charge in [-0.25, -0.2) is 0 Å². The highest BCUT2D eigenvalue weighted by Crippen LogP contribution is 2.24. The Morgan fingerprint density at radius 1 is 1.11 bits per heavy atom. The van der Waals surface area contributed by atoms with Crippen molar-refractivity contribution in [3.63, 3.8) is 0 Å². The second-order valence-electron chi connectivity index (χ2n) is 7.72. The van der Waals surface area contributed by atoms with Crippen LogP contribution in [-0.4, -0.2) is 48.8 Å². The van der Waals surface area contributed by atoms with Crippen molar-refractivity contribution < 1.29 is 4.74 Å². The normalized spacial score (nSPS) is 29.2. The molecule has 1 aliphatic rings. The average molecular weight is 270 g/mol. The first-order valence-corrected chi connectivity index (χ1v) is 7.76. The maximum absolute atomic E-state index is 5.82. The van der Waals surface area contributed by atoms with Crippen LogP contribution >= 0.6 is 0 Å². The summed E-state index contributed by atoms with van der Waals surface area (Å²) in [5.41, 5.74) is 0.534. The molecule has 114 valence electrons. The maximum atomic E-state index is 5.82. The third-order valence-corrected chi connectivity index (χ3v) is 4.00. The quantitative estimate of drug-likeness (QED) is 0.831. The summed E-state index contributed by atoms with van der Waals surface area (Å²) in [5, 5.41) is 3.67. The predicted octanol–water partition coefficient (Wildman–Crippen LogP) is 2.90. The van der Waals surface area contributed by atoms with Gasteiger partial charge in [0.1, 0.15) is 0 Å². The van der Waals surface area contributed by atoms with Gasteiger partial charge in [-0.05, 0) is 46.5 Å². The summed E-state index contributed by atoms with van der Waals surface area (Å²) in [6.45, 7) is 20.1.